The first kappa shape index (κ1) is 16.2. The molecule has 6 nitrogen and oxygen atoms in total. The molecule has 0 aromatic carbocycles. The van der Waals surface area contributed by atoms with Crippen molar-refractivity contribution in [3.05, 3.63) is 12.1 Å². The molecule has 1 aromatic rings. The molecule has 1 rings (SSSR count). The first-order valence-electron chi connectivity index (χ1n) is 5.99. The highest BCUT2D eigenvalue weighted by Gasteiger charge is 2.07. The lowest BCUT2D eigenvalue weighted by atomic mass is 10.4. The van der Waals surface area contributed by atoms with Crippen LogP contribution in [0.4, 0.5) is 11.8 Å². The zero-order chi connectivity index (χ0) is 14.0. The van der Waals surface area contributed by atoms with E-state index in [2.05, 4.69) is 16.0 Å². The largest absolute Gasteiger partial charge is 0.425 e. The average Bonchev–Trinajstić information content (AvgIpc) is 2.79. The molecule has 0 spiro atoms. The van der Waals surface area contributed by atoms with Crippen LogP contribution in [-0.2, 0) is 9.59 Å². The van der Waals surface area contributed by atoms with Gasteiger partial charge in [-0.05, 0) is 7.05 Å². The summed E-state index contributed by atoms with van der Waals surface area (Å²) in [5, 5.41) is 7.79. The van der Waals surface area contributed by atoms with E-state index < -0.39 is 0 Å². The first-order valence-corrected chi connectivity index (χ1v) is 5.99. The minimum atomic E-state index is -0.204. The summed E-state index contributed by atoms with van der Waals surface area (Å²) in [6.07, 6.45) is 0.377. The molecule has 0 unspecified atom stereocenters. The number of rotatable bonds is 5. The fraction of sp³-hybridized carbons (Fsp3) is 0.500. The standard InChI is InChI=1S/C10H15N3O3.C2H6/c1-3-7(14)12-9-4-5-10(16-9)13-8(15)6-11-2;1-2/h4-5,11H,3,6H2,1-2H3,(H,12,14)(H,13,15);1-2H3. The molecule has 0 saturated heterocycles. The maximum atomic E-state index is 11.2. The molecule has 0 aliphatic heterocycles. The first-order chi connectivity index (χ1) is 8.65. The molecule has 0 fully saturated rings. The summed E-state index contributed by atoms with van der Waals surface area (Å²) in [5.74, 6) is 0.297. The van der Waals surface area contributed by atoms with E-state index in [1.54, 1.807) is 26.1 Å². The molecule has 6 heteroatoms. The Labute approximate surface area is 107 Å². The van der Waals surface area contributed by atoms with Gasteiger partial charge in [0.2, 0.25) is 23.6 Å². The van der Waals surface area contributed by atoms with Crippen LogP contribution in [0, 0.1) is 0 Å². The van der Waals surface area contributed by atoms with Crippen molar-refractivity contribution in [3.8, 4) is 0 Å². The Bertz CT molecular complexity index is 374. The summed E-state index contributed by atoms with van der Waals surface area (Å²) < 4.78 is 5.18. The second kappa shape index (κ2) is 9.23. The van der Waals surface area contributed by atoms with Crippen LogP contribution in [0.25, 0.3) is 0 Å². The lowest BCUT2D eigenvalue weighted by Crippen LogP contribution is -2.24. The van der Waals surface area contributed by atoms with Gasteiger partial charge in [0.15, 0.2) is 0 Å². The zero-order valence-electron chi connectivity index (χ0n) is 11.3. The Kier molecular flexibility index (Phi) is 8.30. The summed E-state index contributed by atoms with van der Waals surface area (Å²) in [4.78, 5) is 22.2. The normalized spacial score (nSPS) is 9.11. The Morgan fingerprint density at radius 3 is 2.06 bits per heavy atom. The van der Waals surface area contributed by atoms with E-state index in [4.69, 9.17) is 4.42 Å². The summed E-state index contributed by atoms with van der Waals surface area (Å²) in [7, 11) is 1.68. The molecule has 3 N–H and O–H groups in total. The van der Waals surface area contributed by atoms with Crippen LogP contribution in [0.5, 0.6) is 0 Å². The smallest absolute Gasteiger partial charge is 0.240 e. The number of amides is 2. The Morgan fingerprint density at radius 1 is 1.11 bits per heavy atom. The minimum Gasteiger partial charge on any atom is -0.425 e. The molecule has 0 radical (unpaired) electrons. The van der Waals surface area contributed by atoms with Gasteiger partial charge in [-0.15, -0.1) is 0 Å². The van der Waals surface area contributed by atoms with Crippen molar-refractivity contribution >= 4 is 23.6 Å². The number of nitrogens with one attached hydrogen (secondary N) is 3. The van der Waals surface area contributed by atoms with Crippen LogP contribution >= 0.6 is 0 Å². The van der Waals surface area contributed by atoms with Crippen LogP contribution in [0.1, 0.15) is 27.2 Å². The second-order valence-corrected chi connectivity index (χ2v) is 3.14. The molecule has 0 atom stereocenters. The summed E-state index contributed by atoms with van der Waals surface area (Å²) in [6.45, 7) is 5.95. The van der Waals surface area contributed by atoms with Gasteiger partial charge in [-0.1, -0.05) is 20.8 Å². The van der Waals surface area contributed by atoms with Crippen molar-refractivity contribution in [2.24, 2.45) is 0 Å². The van der Waals surface area contributed by atoms with E-state index in [1.165, 1.54) is 0 Å². The van der Waals surface area contributed by atoms with Crippen LogP contribution in [0.2, 0.25) is 0 Å². The monoisotopic (exact) mass is 255 g/mol. The molecule has 102 valence electrons. The molecular formula is C12H21N3O3. The van der Waals surface area contributed by atoms with E-state index in [9.17, 15) is 9.59 Å². The van der Waals surface area contributed by atoms with Gasteiger partial charge in [0.05, 0.1) is 6.54 Å². The van der Waals surface area contributed by atoms with Gasteiger partial charge >= 0.3 is 0 Å². The number of furan rings is 1. The van der Waals surface area contributed by atoms with Gasteiger partial charge in [0.1, 0.15) is 0 Å². The van der Waals surface area contributed by atoms with Crippen LogP contribution < -0.4 is 16.0 Å². The average molecular weight is 255 g/mol. The Morgan fingerprint density at radius 2 is 1.61 bits per heavy atom. The fourth-order valence-electron chi connectivity index (χ4n) is 1.04. The Hall–Kier alpha value is -1.82. The van der Waals surface area contributed by atoms with E-state index in [0.717, 1.165) is 0 Å². The van der Waals surface area contributed by atoms with Crippen molar-refractivity contribution < 1.29 is 14.0 Å². The van der Waals surface area contributed by atoms with Gasteiger partial charge in [-0.2, -0.15) is 0 Å². The maximum absolute atomic E-state index is 11.2. The van der Waals surface area contributed by atoms with Crippen LogP contribution in [0.15, 0.2) is 16.5 Å². The number of carbonyl (C=O) groups is 2. The second-order valence-electron chi connectivity index (χ2n) is 3.14. The van der Waals surface area contributed by atoms with Gasteiger partial charge < -0.3 is 9.73 Å². The third kappa shape index (κ3) is 6.05. The number of hydrogen-bond acceptors (Lipinski definition) is 4. The van der Waals surface area contributed by atoms with E-state index in [1.807, 2.05) is 13.8 Å². The Balaban J connectivity index is 0.00000137. The summed E-state index contributed by atoms with van der Waals surface area (Å²) in [5.41, 5.74) is 0. The predicted octanol–water partition coefficient (Wildman–Crippen LogP) is 1.81. The molecule has 1 aromatic heterocycles. The highest BCUT2D eigenvalue weighted by atomic mass is 16.4. The van der Waals surface area contributed by atoms with Crippen LogP contribution in [0.3, 0.4) is 0 Å². The number of hydrogen-bond donors (Lipinski definition) is 3. The fourth-order valence-corrected chi connectivity index (χ4v) is 1.04. The molecule has 0 bridgehead atoms. The molecular weight excluding hydrogens is 234 g/mol. The van der Waals surface area contributed by atoms with Crippen molar-refractivity contribution in [1.82, 2.24) is 5.32 Å². The molecule has 0 saturated carbocycles. The van der Waals surface area contributed by atoms with Gasteiger partial charge in [0, 0.05) is 18.6 Å². The number of anilines is 2. The SMILES string of the molecule is CC.CCC(=O)Nc1ccc(NC(=O)CNC)o1. The van der Waals surface area contributed by atoms with Crippen molar-refractivity contribution in [1.29, 1.82) is 0 Å². The van der Waals surface area contributed by atoms with E-state index in [0.29, 0.717) is 18.2 Å². The number of likely N-dealkylation sites (N-methyl/N-ethyl adjacent to an activating group) is 1. The molecule has 2 amide bonds. The van der Waals surface area contributed by atoms with Gasteiger partial charge in [-0.3, -0.25) is 20.2 Å². The van der Waals surface area contributed by atoms with Crippen molar-refractivity contribution in [3.63, 3.8) is 0 Å². The molecule has 0 aliphatic carbocycles. The summed E-state index contributed by atoms with van der Waals surface area (Å²) >= 11 is 0. The molecule has 0 aliphatic rings. The van der Waals surface area contributed by atoms with Gasteiger partial charge in [-0.25, -0.2) is 0 Å². The van der Waals surface area contributed by atoms with E-state index in [-0.39, 0.29) is 18.4 Å². The van der Waals surface area contributed by atoms with Gasteiger partial charge in [0.25, 0.3) is 0 Å². The highest BCUT2D eigenvalue weighted by molar-refractivity contribution is 5.92. The lowest BCUT2D eigenvalue weighted by Gasteiger charge is -2.01. The summed E-state index contributed by atoms with van der Waals surface area (Å²) in [6, 6.07) is 3.17. The maximum Gasteiger partial charge on any atom is 0.240 e. The predicted molar refractivity (Wildman–Crippen MR) is 71.5 cm³/mol. The third-order valence-corrected chi connectivity index (χ3v) is 1.79. The third-order valence-electron chi connectivity index (χ3n) is 1.79. The molecule has 18 heavy (non-hydrogen) atoms. The van der Waals surface area contributed by atoms with E-state index >= 15 is 0 Å². The highest BCUT2D eigenvalue weighted by Crippen LogP contribution is 2.17. The number of carbonyl (C=O) groups excluding carboxylic acids is 2. The minimum absolute atomic E-state index is 0.137. The van der Waals surface area contributed by atoms with Crippen molar-refractivity contribution in [2.45, 2.75) is 27.2 Å². The van der Waals surface area contributed by atoms with Crippen molar-refractivity contribution in [2.75, 3.05) is 24.2 Å². The topological polar surface area (TPSA) is 83.4 Å². The quantitative estimate of drug-likeness (QED) is 0.749. The lowest BCUT2D eigenvalue weighted by molar-refractivity contribution is -0.116. The zero-order valence-corrected chi connectivity index (χ0v) is 11.3. The molecule has 1 heterocycles. The van der Waals surface area contributed by atoms with Crippen LogP contribution in [-0.4, -0.2) is 25.4 Å².